The van der Waals surface area contributed by atoms with Crippen LogP contribution >= 0.6 is 0 Å². The molecule has 0 aliphatic heterocycles. The highest BCUT2D eigenvalue weighted by molar-refractivity contribution is 5.89. The van der Waals surface area contributed by atoms with E-state index in [1.165, 1.54) is 5.56 Å². The Balaban J connectivity index is 1.80. The van der Waals surface area contributed by atoms with E-state index < -0.39 is 0 Å². The molecule has 0 bridgehead atoms. The highest BCUT2D eigenvalue weighted by Crippen LogP contribution is 2.44. The third kappa shape index (κ3) is 5.08. The monoisotopic (exact) mass is 396 g/mol. The minimum Gasteiger partial charge on any atom is -0.462 e. The Labute approximate surface area is 171 Å². The maximum Gasteiger partial charge on any atom is 0.338 e. The lowest BCUT2D eigenvalue weighted by Gasteiger charge is -2.37. The van der Waals surface area contributed by atoms with E-state index >= 15 is 0 Å². The van der Waals surface area contributed by atoms with E-state index in [2.05, 4.69) is 30.1 Å². The number of fused-ring (bicyclic) bond motifs is 1. The fourth-order valence-corrected chi connectivity index (χ4v) is 3.59. The summed E-state index contributed by atoms with van der Waals surface area (Å²) in [5.74, 6) is -0.338. The van der Waals surface area contributed by atoms with E-state index in [0.717, 1.165) is 24.1 Å². The van der Waals surface area contributed by atoms with Gasteiger partial charge in [0, 0.05) is 7.11 Å². The molecule has 2 aromatic carbocycles. The highest BCUT2D eigenvalue weighted by atomic mass is 16.7. The fraction of sp³-hybridized carbons (Fsp3) is 0.435. The Hall–Kier alpha value is -2.57. The number of azo groups is 1. The van der Waals surface area contributed by atoms with Crippen molar-refractivity contribution >= 4 is 17.3 Å². The summed E-state index contributed by atoms with van der Waals surface area (Å²) in [7, 11) is 1.63. The van der Waals surface area contributed by atoms with Crippen LogP contribution in [0.4, 0.5) is 11.4 Å². The molecule has 0 spiro atoms. The predicted octanol–water partition coefficient (Wildman–Crippen LogP) is 6.01. The molecule has 6 nitrogen and oxygen atoms in total. The number of benzene rings is 2. The van der Waals surface area contributed by atoms with E-state index in [1.54, 1.807) is 38.3 Å². The van der Waals surface area contributed by atoms with Gasteiger partial charge in [0.05, 0.1) is 29.6 Å². The van der Waals surface area contributed by atoms with E-state index in [-0.39, 0.29) is 24.3 Å². The van der Waals surface area contributed by atoms with Gasteiger partial charge in [-0.3, -0.25) is 0 Å². The molecular weight excluding hydrogens is 368 g/mol. The van der Waals surface area contributed by atoms with Crippen molar-refractivity contribution in [3.63, 3.8) is 0 Å². The Morgan fingerprint density at radius 1 is 1.10 bits per heavy atom. The Bertz CT molecular complexity index is 875. The minimum atomic E-state index is -0.338. The molecule has 6 heteroatoms. The van der Waals surface area contributed by atoms with Gasteiger partial charge in [-0.25, -0.2) is 4.79 Å². The molecule has 3 rings (SSSR count). The van der Waals surface area contributed by atoms with Gasteiger partial charge in [-0.15, -0.1) is 0 Å². The van der Waals surface area contributed by atoms with Crippen LogP contribution in [-0.4, -0.2) is 26.5 Å². The molecule has 154 valence electrons. The first-order chi connectivity index (χ1) is 13.9. The van der Waals surface area contributed by atoms with Crippen molar-refractivity contribution in [2.24, 2.45) is 10.2 Å². The van der Waals surface area contributed by atoms with Gasteiger partial charge in [0.2, 0.25) is 0 Å². The molecule has 1 unspecified atom stereocenters. The second-order valence-electron chi connectivity index (χ2n) is 7.72. The molecule has 0 heterocycles. The fourth-order valence-electron chi connectivity index (χ4n) is 3.59. The zero-order chi connectivity index (χ0) is 20.9. The SMILES string of the molecule is CCOC(=O)c1ccc(/N=N/c2ccc3c(c2)C(OCOC)CCC3(C)C)cc1. The Morgan fingerprint density at radius 3 is 2.48 bits per heavy atom. The third-order valence-electron chi connectivity index (χ3n) is 5.19. The van der Waals surface area contributed by atoms with Crippen LogP contribution in [0.2, 0.25) is 0 Å². The van der Waals surface area contributed by atoms with E-state index in [9.17, 15) is 4.79 Å². The first-order valence-electron chi connectivity index (χ1n) is 9.88. The van der Waals surface area contributed by atoms with Crippen molar-refractivity contribution in [1.82, 2.24) is 0 Å². The highest BCUT2D eigenvalue weighted by Gasteiger charge is 2.33. The van der Waals surface area contributed by atoms with Crippen LogP contribution in [-0.2, 0) is 19.6 Å². The average Bonchev–Trinajstić information content (AvgIpc) is 2.72. The van der Waals surface area contributed by atoms with Crippen molar-refractivity contribution in [2.45, 2.75) is 45.1 Å². The van der Waals surface area contributed by atoms with Gasteiger partial charge in [0.25, 0.3) is 0 Å². The zero-order valence-electron chi connectivity index (χ0n) is 17.5. The molecule has 0 N–H and O–H groups in total. The molecule has 0 aromatic heterocycles. The van der Waals surface area contributed by atoms with E-state index in [4.69, 9.17) is 14.2 Å². The second-order valence-corrected chi connectivity index (χ2v) is 7.72. The number of hydrogen-bond acceptors (Lipinski definition) is 6. The number of carbonyl (C=O) groups excluding carboxylic acids is 1. The molecule has 0 fully saturated rings. The van der Waals surface area contributed by atoms with Crippen molar-refractivity contribution in [3.8, 4) is 0 Å². The van der Waals surface area contributed by atoms with E-state index in [0.29, 0.717) is 17.9 Å². The van der Waals surface area contributed by atoms with Gasteiger partial charge in [-0.05, 0) is 72.7 Å². The smallest absolute Gasteiger partial charge is 0.338 e. The summed E-state index contributed by atoms with van der Waals surface area (Å²) in [6, 6.07) is 13.0. The van der Waals surface area contributed by atoms with Gasteiger partial charge < -0.3 is 14.2 Å². The maximum atomic E-state index is 11.7. The molecule has 2 aromatic rings. The molecule has 0 saturated heterocycles. The normalized spacial score (nSPS) is 17.9. The topological polar surface area (TPSA) is 69.5 Å². The summed E-state index contributed by atoms with van der Waals surface area (Å²) < 4.78 is 16.0. The Morgan fingerprint density at radius 2 is 1.79 bits per heavy atom. The lowest BCUT2D eigenvalue weighted by molar-refractivity contribution is -0.0808. The summed E-state index contributed by atoms with van der Waals surface area (Å²) >= 11 is 0. The molecule has 0 radical (unpaired) electrons. The van der Waals surface area contributed by atoms with Gasteiger partial charge in [0.1, 0.15) is 6.79 Å². The lowest BCUT2D eigenvalue weighted by Crippen LogP contribution is -2.27. The van der Waals surface area contributed by atoms with Gasteiger partial charge in [-0.2, -0.15) is 10.2 Å². The maximum absolute atomic E-state index is 11.7. The number of nitrogens with zero attached hydrogens (tertiary/aromatic N) is 2. The summed E-state index contributed by atoms with van der Waals surface area (Å²) in [4.78, 5) is 11.7. The molecule has 1 aliphatic rings. The quantitative estimate of drug-likeness (QED) is 0.326. The van der Waals surface area contributed by atoms with Gasteiger partial charge in [-0.1, -0.05) is 19.9 Å². The van der Waals surface area contributed by atoms with Crippen molar-refractivity contribution in [2.75, 3.05) is 20.5 Å². The molecule has 29 heavy (non-hydrogen) atoms. The minimum absolute atomic E-state index is 0.00279. The van der Waals surface area contributed by atoms with Gasteiger partial charge >= 0.3 is 5.97 Å². The largest absolute Gasteiger partial charge is 0.462 e. The van der Waals surface area contributed by atoms with Crippen LogP contribution in [0.3, 0.4) is 0 Å². The molecule has 1 atom stereocenters. The lowest BCUT2D eigenvalue weighted by atomic mass is 9.71. The van der Waals surface area contributed by atoms with E-state index in [1.807, 2.05) is 12.1 Å². The summed E-state index contributed by atoms with van der Waals surface area (Å²) in [5, 5.41) is 8.68. The molecule has 0 saturated carbocycles. The number of rotatable bonds is 7. The predicted molar refractivity (Wildman–Crippen MR) is 111 cm³/mol. The number of carbonyl (C=O) groups is 1. The van der Waals surface area contributed by atoms with Crippen molar-refractivity contribution < 1.29 is 19.0 Å². The standard InChI is InChI=1S/C23H28N2O4/c1-5-28-22(26)16-6-8-17(9-7-16)24-25-18-10-11-20-19(14-18)21(29-15-27-4)12-13-23(20,2)3/h6-11,14,21H,5,12-13,15H2,1-4H3/b25-24+. The van der Waals surface area contributed by atoms with Gasteiger partial charge in [0.15, 0.2) is 0 Å². The summed E-state index contributed by atoms with van der Waals surface area (Å²) in [6.45, 7) is 6.91. The van der Waals surface area contributed by atoms with Crippen LogP contribution in [0.1, 0.15) is 61.2 Å². The van der Waals surface area contributed by atoms with Crippen LogP contribution in [0.5, 0.6) is 0 Å². The van der Waals surface area contributed by atoms with Crippen molar-refractivity contribution in [1.29, 1.82) is 0 Å². The van der Waals surface area contributed by atoms with Crippen LogP contribution in [0.15, 0.2) is 52.7 Å². The van der Waals surface area contributed by atoms with Crippen LogP contribution < -0.4 is 0 Å². The number of methoxy groups -OCH3 is 1. The first-order valence-corrected chi connectivity index (χ1v) is 9.88. The number of ether oxygens (including phenoxy) is 3. The van der Waals surface area contributed by atoms with Crippen molar-refractivity contribution in [3.05, 3.63) is 59.2 Å². The average molecular weight is 396 g/mol. The second kappa shape index (κ2) is 9.29. The molecular formula is C23H28N2O4. The first kappa shape index (κ1) is 21.1. The Kier molecular flexibility index (Phi) is 6.77. The van der Waals surface area contributed by atoms with Crippen LogP contribution in [0.25, 0.3) is 0 Å². The molecule has 0 amide bonds. The number of hydrogen-bond donors (Lipinski definition) is 0. The molecule has 1 aliphatic carbocycles. The van der Waals surface area contributed by atoms with Crippen LogP contribution in [0, 0.1) is 0 Å². The summed E-state index contributed by atoms with van der Waals surface area (Å²) in [6.07, 6.45) is 2.00. The zero-order valence-corrected chi connectivity index (χ0v) is 17.5. The third-order valence-corrected chi connectivity index (χ3v) is 5.19. The number of esters is 1. The summed E-state index contributed by atoms with van der Waals surface area (Å²) in [5.41, 5.74) is 4.46.